The van der Waals surface area contributed by atoms with E-state index in [0.717, 1.165) is 4.90 Å². The predicted octanol–water partition coefficient (Wildman–Crippen LogP) is 2.85. The fourth-order valence-corrected chi connectivity index (χ4v) is 2.27. The molecule has 9 nitrogen and oxygen atoms in total. The highest BCUT2D eigenvalue weighted by Gasteiger charge is 2.29. The van der Waals surface area contributed by atoms with Crippen LogP contribution in [0.4, 0.5) is 4.79 Å². The van der Waals surface area contributed by atoms with Crippen LogP contribution >= 0.6 is 0 Å². The summed E-state index contributed by atoms with van der Waals surface area (Å²) < 4.78 is 12.2. The minimum Gasteiger partial charge on any atom is -0.476 e. The summed E-state index contributed by atoms with van der Waals surface area (Å²) in [5, 5.41) is 9.39. The number of carbonyl (C=O) groups excluding carboxylic acids is 2. The lowest BCUT2D eigenvalue weighted by Crippen LogP contribution is -2.41. The van der Waals surface area contributed by atoms with Gasteiger partial charge in [0.2, 0.25) is 0 Å². The molecule has 9 heteroatoms. The van der Waals surface area contributed by atoms with Crippen molar-refractivity contribution in [3.05, 3.63) is 30.4 Å². The first-order valence-electron chi connectivity index (χ1n) is 8.81. The Bertz CT molecular complexity index is 740. The number of imidazole rings is 1. The molecule has 0 unspecified atom stereocenters. The molecule has 0 bridgehead atoms. The normalized spacial score (nSPS) is 11.6. The van der Waals surface area contributed by atoms with Crippen LogP contribution in [0.25, 0.3) is 0 Å². The lowest BCUT2D eigenvalue weighted by Gasteiger charge is -2.28. The minimum absolute atomic E-state index is 0.191. The molecule has 0 aliphatic carbocycles. The highest BCUT2D eigenvalue weighted by molar-refractivity contribution is 5.87. The second-order valence-corrected chi connectivity index (χ2v) is 8.21. The molecule has 0 aliphatic heterocycles. The average Bonchev–Trinajstić information content (AvgIpc) is 2.86. The highest BCUT2D eigenvalue weighted by atomic mass is 16.6. The molecular weight excluding hydrogens is 366 g/mol. The van der Waals surface area contributed by atoms with Gasteiger partial charge >= 0.3 is 18.0 Å². The maximum Gasteiger partial charge on any atom is 0.411 e. The Labute approximate surface area is 164 Å². The van der Waals surface area contributed by atoms with Gasteiger partial charge in [-0.2, -0.15) is 0 Å². The van der Waals surface area contributed by atoms with E-state index in [1.165, 1.54) is 6.33 Å². The van der Waals surface area contributed by atoms with Gasteiger partial charge in [-0.25, -0.2) is 14.6 Å². The smallest absolute Gasteiger partial charge is 0.411 e. The Hall–Kier alpha value is -2.84. The predicted molar refractivity (Wildman–Crippen MR) is 102 cm³/mol. The van der Waals surface area contributed by atoms with Crippen LogP contribution in [0.3, 0.4) is 0 Å². The summed E-state index contributed by atoms with van der Waals surface area (Å²) in [7, 11) is 0. The molecule has 0 atom stereocenters. The second kappa shape index (κ2) is 8.90. The van der Waals surface area contributed by atoms with Gasteiger partial charge in [0.05, 0.1) is 18.6 Å². The Kier molecular flexibility index (Phi) is 7.37. The Balaban J connectivity index is 3.20. The summed E-state index contributed by atoms with van der Waals surface area (Å²) in [5.74, 6) is -1.87. The monoisotopic (exact) mass is 395 g/mol. The molecule has 0 saturated carbocycles. The van der Waals surface area contributed by atoms with Crippen molar-refractivity contribution in [3.8, 4) is 0 Å². The van der Waals surface area contributed by atoms with Crippen LogP contribution in [-0.2, 0) is 27.4 Å². The molecule has 156 valence electrons. The summed E-state index contributed by atoms with van der Waals surface area (Å²) in [6.45, 7) is 13.6. The van der Waals surface area contributed by atoms with Gasteiger partial charge in [0.1, 0.15) is 17.7 Å². The molecule has 0 spiro atoms. The van der Waals surface area contributed by atoms with Gasteiger partial charge in [0.15, 0.2) is 5.69 Å². The molecule has 28 heavy (non-hydrogen) atoms. The minimum atomic E-state index is -1.24. The van der Waals surface area contributed by atoms with Gasteiger partial charge in [0, 0.05) is 6.54 Å². The van der Waals surface area contributed by atoms with Crippen molar-refractivity contribution < 1.29 is 29.0 Å². The van der Waals surface area contributed by atoms with Gasteiger partial charge in [-0.1, -0.05) is 6.08 Å². The number of aromatic nitrogens is 2. The van der Waals surface area contributed by atoms with Crippen molar-refractivity contribution >= 4 is 18.0 Å². The van der Waals surface area contributed by atoms with Crippen molar-refractivity contribution in [2.75, 3.05) is 6.54 Å². The van der Waals surface area contributed by atoms with Crippen LogP contribution in [0.15, 0.2) is 19.0 Å². The van der Waals surface area contributed by atoms with E-state index in [1.54, 1.807) is 52.2 Å². The fourth-order valence-electron chi connectivity index (χ4n) is 2.27. The van der Waals surface area contributed by atoms with Gasteiger partial charge < -0.3 is 19.1 Å². The number of hydrogen-bond donors (Lipinski definition) is 1. The van der Waals surface area contributed by atoms with Crippen molar-refractivity contribution in [1.82, 2.24) is 14.5 Å². The first-order chi connectivity index (χ1) is 12.7. The lowest BCUT2D eigenvalue weighted by molar-refractivity contribution is -0.156. The topological polar surface area (TPSA) is 111 Å². The van der Waals surface area contributed by atoms with Crippen molar-refractivity contribution in [2.45, 2.75) is 65.8 Å². The number of carboxylic acid groups (broad SMARTS) is 1. The van der Waals surface area contributed by atoms with Gasteiger partial charge in [-0.15, -0.1) is 6.58 Å². The maximum absolute atomic E-state index is 12.6. The number of carboxylic acids is 1. The van der Waals surface area contributed by atoms with E-state index in [-0.39, 0.29) is 17.9 Å². The second-order valence-electron chi connectivity index (χ2n) is 8.21. The van der Waals surface area contributed by atoms with Crippen LogP contribution in [0.5, 0.6) is 0 Å². The Morgan fingerprint density at radius 2 is 1.75 bits per heavy atom. The molecule has 0 saturated heterocycles. The van der Waals surface area contributed by atoms with E-state index in [4.69, 9.17) is 9.47 Å². The summed E-state index contributed by atoms with van der Waals surface area (Å²) in [4.78, 5) is 41.4. The third kappa shape index (κ3) is 7.42. The van der Waals surface area contributed by atoms with Crippen molar-refractivity contribution in [1.29, 1.82) is 0 Å². The quantitative estimate of drug-likeness (QED) is 0.558. The molecule has 1 aromatic rings. The van der Waals surface area contributed by atoms with E-state index < -0.39 is 35.8 Å². The van der Waals surface area contributed by atoms with Gasteiger partial charge in [-0.05, 0) is 41.5 Å². The van der Waals surface area contributed by atoms with Crippen LogP contribution in [0.2, 0.25) is 0 Å². The number of hydrogen-bond acceptors (Lipinski definition) is 6. The number of nitrogens with zero attached hydrogens (tertiary/aromatic N) is 3. The third-order valence-electron chi connectivity index (χ3n) is 3.21. The Morgan fingerprint density at radius 1 is 1.18 bits per heavy atom. The molecule has 0 fully saturated rings. The number of aromatic carboxylic acids is 1. The van der Waals surface area contributed by atoms with Crippen LogP contribution in [0, 0.1) is 0 Å². The molecule has 0 aromatic carbocycles. The zero-order chi connectivity index (χ0) is 21.7. The zero-order valence-electron chi connectivity index (χ0n) is 17.3. The van der Waals surface area contributed by atoms with Crippen molar-refractivity contribution in [2.24, 2.45) is 0 Å². The molecular formula is C19H29N3O6. The molecule has 1 rings (SSSR count). The number of ether oxygens (including phenoxy) is 2. The summed E-state index contributed by atoms with van der Waals surface area (Å²) in [6, 6.07) is 0. The van der Waals surface area contributed by atoms with Crippen LogP contribution < -0.4 is 0 Å². The Morgan fingerprint density at radius 3 is 2.21 bits per heavy atom. The van der Waals surface area contributed by atoms with E-state index >= 15 is 0 Å². The molecule has 0 radical (unpaired) electrons. The summed E-state index contributed by atoms with van der Waals surface area (Å²) in [5.41, 5.74) is -1.48. The number of carbonyl (C=O) groups is 3. The first-order valence-corrected chi connectivity index (χ1v) is 8.81. The van der Waals surface area contributed by atoms with Crippen LogP contribution in [0.1, 0.15) is 57.7 Å². The van der Waals surface area contributed by atoms with Crippen molar-refractivity contribution in [3.63, 3.8) is 0 Å². The first kappa shape index (κ1) is 23.2. The number of esters is 1. The average molecular weight is 395 g/mol. The third-order valence-corrected chi connectivity index (χ3v) is 3.21. The molecule has 1 amide bonds. The van der Waals surface area contributed by atoms with Crippen LogP contribution in [-0.4, -0.2) is 55.3 Å². The summed E-state index contributed by atoms with van der Waals surface area (Å²) in [6.07, 6.45) is 2.16. The molecule has 1 aromatic heterocycles. The summed E-state index contributed by atoms with van der Waals surface area (Å²) >= 11 is 0. The molecule has 0 aliphatic rings. The van der Waals surface area contributed by atoms with E-state index in [9.17, 15) is 19.5 Å². The largest absolute Gasteiger partial charge is 0.476 e. The maximum atomic E-state index is 12.6. The van der Waals surface area contributed by atoms with Gasteiger partial charge in [-0.3, -0.25) is 9.69 Å². The van der Waals surface area contributed by atoms with Gasteiger partial charge in [0.25, 0.3) is 0 Å². The molecule has 1 N–H and O–H groups in total. The standard InChI is InChI=1S/C19H29N3O6/c1-8-9-21-12-20-15(16(24)25)13(21)10-22(17(26)28-19(5,6)7)11-14(23)27-18(2,3)4/h8,12H,1,9-11H2,2-7H3,(H,24,25). The number of amides is 1. The SMILES string of the molecule is C=CCn1cnc(C(=O)O)c1CN(CC(=O)OC(C)(C)C)C(=O)OC(C)(C)C. The van der Waals surface area contributed by atoms with E-state index in [2.05, 4.69) is 11.6 Å². The number of rotatable bonds is 7. The fraction of sp³-hybridized carbons (Fsp3) is 0.579. The van der Waals surface area contributed by atoms with E-state index in [0.29, 0.717) is 6.54 Å². The van der Waals surface area contributed by atoms with E-state index in [1.807, 2.05) is 0 Å². The zero-order valence-corrected chi connectivity index (χ0v) is 17.3. The number of allylic oxidation sites excluding steroid dienone is 1. The highest BCUT2D eigenvalue weighted by Crippen LogP contribution is 2.17. The lowest BCUT2D eigenvalue weighted by atomic mass is 10.2. The molecule has 1 heterocycles.